The van der Waals surface area contributed by atoms with Crippen molar-refractivity contribution in [2.24, 2.45) is 10.7 Å². The molecule has 2 unspecified atom stereocenters. The van der Waals surface area contributed by atoms with Crippen LogP contribution in [0, 0.1) is 6.92 Å². The van der Waals surface area contributed by atoms with Crippen LogP contribution in [0.5, 0.6) is 0 Å². The number of rotatable bonds is 3. The second-order valence-electron chi connectivity index (χ2n) is 10.2. The molecule has 14 nitrogen and oxygen atoms in total. The first-order valence-corrected chi connectivity index (χ1v) is 14.0. The molecule has 0 radical (unpaired) electrons. The quantitative estimate of drug-likeness (QED) is 0.270. The van der Waals surface area contributed by atoms with Crippen LogP contribution >= 0.6 is 0 Å². The molecule has 2 aromatic heterocycles. The molecular formula is C28H38N12O2. The molecule has 0 bridgehead atoms. The predicted molar refractivity (Wildman–Crippen MR) is 163 cm³/mol. The number of fused-ring (bicyclic) bond motifs is 5. The van der Waals surface area contributed by atoms with E-state index in [9.17, 15) is 9.59 Å². The van der Waals surface area contributed by atoms with Gasteiger partial charge in [0.1, 0.15) is 23.4 Å². The van der Waals surface area contributed by atoms with Crippen molar-refractivity contribution >= 4 is 40.4 Å². The fourth-order valence-corrected chi connectivity index (χ4v) is 5.38. The fourth-order valence-electron chi connectivity index (χ4n) is 5.38. The molecule has 0 saturated carbocycles. The average Bonchev–Trinajstić information content (AvgIpc) is 3.63. The zero-order valence-corrected chi connectivity index (χ0v) is 24.5. The highest BCUT2D eigenvalue weighted by atomic mass is 16.2. The summed E-state index contributed by atoms with van der Waals surface area (Å²) in [5.41, 5.74) is 10.0. The standard InChI is InChI=1S/C28H38N12O2/c1-7-19-24(29)38-15-10-9-14-37-21-13-11-12-20(30-5)23(21)32-28(37)34-26(42)22-16-17(3)35-40(22)36(6)39(8-2)18(4)25(41)33-27(38)31-19/h7,11-13,16,19,24,30H,1,4,8-10,14-15,29H2,2-3,5-6H3,(H,31,33,41)(H,32,34,42). The van der Waals surface area contributed by atoms with Crippen molar-refractivity contribution in [1.82, 2.24) is 34.7 Å². The molecule has 2 atom stereocenters. The van der Waals surface area contributed by atoms with E-state index in [0.717, 1.165) is 29.6 Å². The number of anilines is 2. The van der Waals surface area contributed by atoms with E-state index < -0.39 is 18.0 Å². The van der Waals surface area contributed by atoms with Gasteiger partial charge in [0.25, 0.3) is 11.8 Å². The number of hydrazine groups is 1. The molecule has 0 spiro atoms. The van der Waals surface area contributed by atoms with Gasteiger partial charge in [0.15, 0.2) is 5.69 Å². The summed E-state index contributed by atoms with van der Waals surface area (Å²) in [6.07, 6.45) is 2.70. The van der Waals surface area contributed by atoms with Crippen molar-refractivity contribution in [3.63, 3.8) is 0 Å². The van der Waals surface area contributed by atoms with Gasteiger partial charge in [-0.3, -0.25) is 25.2 Å². The van der Waals surface area contributed by atoms with Gasteiger partial charge in [-0.05, 0) is 44.9 Å². The Morgan fingerprint density at radius 2 is 1.95 bits per heavy atom. The number of aliphatic imine (C=N–C) groups is 1. The number of nitrogens with zero attached hydrogens (tertiary/aromatic N) is 8. The highest BCUT2D eigenvalue weighted by Crippen LogP contribution is 2.27. The van der Waals surface area contributed by atoms with Crippen molar-refractivity contribution in [1.29, 1.82) is 0 Å². The maximum absolute atomic E-state index is 13.7. The van der Waals surface area contributed by atoms with Crippen molar-refractivity contribution in [2.75, 3.05) is 42.9 Å². The molecule has 0 saturated heterocycles. The van der Waals surface area contributed by atoms with Crippen LogP contribution in [0.4, 0.5) is 11.6 Å². The number of carbonyl (C=O) groups is 2. The molecule has 222 valence electrons. The first kappa shape index (κ1) is 28.7. The van der Waals surface area contributed by atoms with E-state index in [4.69, 9.17) is 10.7 Å². The number of nitrogens with two attached hydrogens (primary N) is 1. The van der Waals surface area contributed by atoms with Crippen molar-refractivity contribution in [2.45, 2.75) is 45.4 Å². The zero-order valence-electron chi connectivity index (χ0n) is 24.5. The summed E-state index contributed by atoms with van der Waals surface area (Å²) in [6.45, 7) is 13.1. The number of hydrogen-bond donors (Lipinski definition) is 4. The molecule has 2 amide bonds. The molecule has 2 aliphatic heterocycles. The second kappa shape index (κ2) is 11.6. The van der Waals surface area contributed by atoms with Crippen molar-refractivity contribution in [3.8, 4) is 0 Å². The van der Waals surface area contributed by atoms with Gasteiger partial charge in [0.2, 0.25) is 11.9 Å². The average molecular weight is 575 g/mol. The van der Waals surface area contributed by atoms with Gasteiger partial charge in [0, 0.05) is 33.7 Å². The Kier molecular flexibility index (Phi) is 7.89. The van der Waals surface area contributed by atoms with Crippen LogP contribution in [0.1, 0.15) is 35.9 Å². The normalized spacial score (nSPS) is 20.4. The number of nitrogens with one attached hydrogen (secondary N) is 3. The fraction of sp³-hybridized carbons (Fsp3) is 0.393. The van der Waals surface area contributed by atoms with Gasteiger partial charge in [-0.2, -0.15) is 9.89 Å². The molecule has 5 rings (SSSR count). The van der Waals surface area contributed by atoms with Crippen LogP contribution in [-0.4, -0.2) is 86.5 Å². The summed E-state index contributed by atoms with van der Waals surface area (Å²) in [4.78, 5) is 39.9. The highest BCUT2D eigenvalue weighted by Gasteiger charge is 2.34. The highest BCUT2D eigenvalue weighted by molar-refractivity contribution is 6.06. The minimum atomic E-state index is -0.463. The molecule has 14 heteroatoms. The zero-order chi connectivity index (χ0) is 30.1. The lowest BCUT2D eigenvalue weighted by Crippen LogP contribution is -2.54. The third-order valence-corrected chi connectivity index (χ3v) is 7.57. The Balaban J connectivity index is 1.59. The summed E-state index contributed by atoms with van der Waals surface area (Å²) in [5, 5.41) is 16.8. The molecule has 2 aliphatic rings. The Labute approximate surface area is 244 Å². The Bertz CT molecular complexity index is 1570. The van der Waals surface area contributed by atoms with E-state index in [2.05, 4.69) is 39.2 Å². The monoisotopic (exact) mass is 574 g/mol. The minimum absolute atomic E-state index is 0.142. The number of imidazole rings is 1. The van der Waals surface area contributed by atoms with Gasteiger partial charge in [0.05, 0.1) is 16.9 Å². The summed E-state index contributed by atoms with van der Waals surface area (Å²) in [7, 11) is 3.55. The summed E-state index contributed by atoms with van der Waals surface area (Å²) < 4.78 is 2.01. The molecule has 1 aromatic carbocycles. The largest absolute Gasteiger partial charge is 0.386 e. The topological polar surface area (TPSA) is 154 Å². The van der Waals surface area contributed by atoms with E-state index in [1.807, 2.05) is 41.6 Å². The van der Waals surface area contributed by atoms with Crippen LogP contribution in [0.2, 0.25) is 0 Å². The Hall–Kier alpha value is -4.85. The third kappa shape index (κ3) is 5.04. The van der Waals surface area contributed by atoms with Crippen LogP contribution in [0.25, 0.3) is 11.0 Å². The van der Waals surface area contributed by atoms with E-state index >= 15 is 0 Å². The SMILES string of the molecule is C=CC1N=C2NC(=O)C(=C)N(CC)N(C)n3nc(C)cc3C(=O)Nc3nc4c(NC)cccc4n3CCCCN2C1N. The maximum Gasteiger partial charge on any atom is 0.278 e. The molecule has 42 heavy (non-hydrogen) atoms. The second-order valence-corrected chi connectivity index (χ2v) is 10.2. The van der Waals surface area contributed by atoms with Crippen LogP contribution < -0.4 is 26.8 Å². The maximum atomic E-state index is 13.7. The smallest absolute Gasteiger partial charge is 0.278 e. The lowest BCUT2D eigenvalue weighted by Gasteiger charge is -2.35. The van der Waals surface area contributed by atoms with Crippen LogP contribution in [-0.2, 0) is 11.3 Å². The van der Waals surface area contributed by atoms with Gasteiger partial charge in [-0.25, -0.2) is 15.1 Å². The summed E-state index contributed by atoms with van der Waals surface area (Å²) in [5.74, 6) is -0.0376. The summed E-state index contributed by atoms with van der Waals surface area (Å²) >= 11 is 0. The Morgan fingerprint density at radius 1 is 1.19 bits per heavy atom. The van der Waals surface area contributed by atoms with Crippen molar-refractivity contribution in [3.05, 3.63) is 60.6 Å². The van der Waals surface area contributed by atoms with E-state index in [0.29, 0.717) is 37.2 Å². The third-order valence-electron chi connectivity index (χ3n) is 7.57. The Morgan fingerprint density at radius 3 is 2.67 bits per heavy atom. The number of amides is 2. The van der Waals surface area contributed by atoms with E-state index in [-0.39, 0.29) is 17.4 Å². The van der Waals surface area contributed by atoms with Gasteiger partial charge >= 0.3 is 0 Å². The first-order chi connectivity index (χ1) is 20.2. The lowest BCUT2D eigenvalue weighted by molar-refractivity contribution is -0.118. The van der Waals surface area contributed by atoms with Crippen molar-refractivity contribution < 1.29 is 9.59 Å². The summed E-state index contributed by atoms with van der Waals surface area (Å²) in [6, 6.07) is 7.21. The number of likely N-dealkylation sites (N-methyl/N-ethyl adjacent to an activating group) is 1. The van der Waals surface area contributed by atoms with Crippen LogP contribution in [0.3, 0.4) is 0 Å². The lowest BCUT2D eigenvalue weighted by atomic mass is 10.2. The number of benzene rings is 1. The molecule has 3 aromatic rings. The van der Waals surface area contributed by atoms with E-state index in [1.54, 1.807) is 36.2 Å². The number of carbonyl (C=O) groups excluding carboxylic acids is 2. The number of para-hydroxylation sites is 1. The predicted octanol–water partition coefficient (Wildman–Crippen LogP) is 1.57. The first-order valence-electron chi connectivity index (χ1n) is 14.0. The van der Waals surface area contributed by atoms with Gasteiger partial charge in [-0.15, -0.1) is 6.58 Å². The molecule has 4 heterocycles. The minimum Gasteiger partial charge on any atom is -0.386 e. The number of aryl methyl sites for hydroxylation is 2. The molecule has 5 N–H and O–H groups in total. The van der Waals surface area contributed by atoms with E-state index in [1.165, 1.54) is 4.79 Å². The number of guanidine groups is 1. The molecule has 0 fully saturated rings. The number of aromatic nitrogens is 4. The van der Waals surface area contributed by atoms with Gasteiger partial charge < -0.3 is 20.5 Å². The molecule has 0 aliphatic carbocycles. The number of hydrogen-bond acceptors (Lipinski definition) is 10. The van der Waals surface area contributed by atoms with Crippen LogP contribution in [0.15, 0.2) is 54.2 Å². The molecular weight excluding hydrogens is 536 g/mol. The van der Waals surface area contributed by atoms with Gasteiger partial charge in [-0.1, -0.05) is 18.7 Å².